The molecule has 24 heavy (non-hydrogen) atoms. The van der Waals surface area contributed by atoms with Crippen LogP contribution in [0.5, 0.6) is 0 Å². The molecule has 1 aromatic heterocycles. The normalized spacial score (nSPS) is 23.9. The van der Waals surface area contributed by atoms with Crippen molar-refractivity contribution in [2.75, 3.05) is 13.6 Å². The van der Waals surface area contributed by atoms with Gasteiger partial charge >= 0.3 is 6.18 Å². The van der Waals surface area contributed by atoms with Crippen molar-refractivity contribution in [3.8, 4) is 0 Å². The molecule has 124 valence electrons. The Morgan fingerprint density at radius 2 is 2.00 bits per heavy atom. The molecular formula is C17H14F3N3O. The van der Waals surface area contributed by atoms with Gasteiger partial charge in [-0.25, -0.2) is 4.98 Å². The Kier molecular flexibility index (Phi) is 3.18. The third-order valence-corrected chi connectivity index (χ3v) is 4.48. The molecule has 3 heterocycles. The fourth-order valence-corrected chi connectivity index (χ4v) is 3.36. The van der Waals surface area contributed by atoms with Gasteiger partial charge < -0.3 is 10.1 Å². The maximum absolute atomic E-state index is 13.2. The van der Waals surface area contributed by atoms with Gasteiger partial charge in [0, 0.05) is 12.6 Å². The number of benzene rings is 1. The Labute approximate surface area is 136 Å². The van der Waals surface area contributed by atoms with E-state index < -0.39 is 17.5 Å². The minimum Gasteiger partial charge on any atom is -0.366 e. The Bertz CT molecular complexity index is 847. The molecule has 1 spiro atoms. The molecule has 2 aromatic rings. The molecule has 4 rings (SSSR count). The number of ether oxygens (including phenoxy) is 1. The third kappa shape index (κ3) is 2.04. The van der Waals surface area contributed by atoms with Crippen LogP contribution in [0.15, 0.2) is 41.4 Å². The maximum atomic E-state index is 13.2. The van der Waals surface area contributed by atoms with Crippen LogP contribution in [0.25, 0.3) is 0 Å². The number of halogens is 3. The molecule has 0 amide bonds. The van der Waals surface area contributed by atoms with Gasteiger partial charge in [-0.3, -0.25) is 4.99 Å². The lowest BCUT2D eigenvalue weighted by Gasteiger charge is -2.36. The number of nitrogens with zero attached hydrogens (tertiary/aromatic N) is 2. The zero-order chi connectivity index (χ0) is 16.9. The van der Waals surface area contributed by atoms with E-state index >= 15 is 0 Å². The van der Waals surface area contributed by atoms with Crippen molar-refractivity contribution in [3.05, 3.63) is 64.5 Å². The van der Waals surface area contributed by atoms with Crippen LogP contribution in [0.1, 0.15) is 28.1 Å². The van der Waals surface area contributed by atoms with Crippen LogP contribution in [0.3, 0.4) is 0 Å². The van der Waals surface area contributed by atoms with Crippen LogP contribution < -0.4 is 5.32 Å². The first-order chi connectivity index (χ1) is 11.5. The fraction of sp³-hybridized carbons (Fsp3) is 0.294. The van der Waals surface area contributed by atoms with E-state index in [9.17, 15) is 13.2 Å². The SMILES string of the molecule is CN=C1NC[C@@]2(OCc3ccccc32)c2nc(C(F)(F)F)ccc21. The number of nitrogens with one attached hydrogen (secondary N) is 1. The Morgan fingerprint density at radius 1 is 1.21 bits per heavy atom. The first-order valence-corrected chi connectivity index (χ1v) is 7.48. The molecule has 1 N–H and O–H groups in total. The van der Waals surface area contributed by atoms with Crippen molar-refractivity contribution >= 4 is 5.84 Å². The number of hydrogen-bond acceptors (Lipinski definition) is 3. The van der Waals surface area contributed by atoms with Gasteiger partial charge in [-0.2, -0.15) is 13.2 Å². The van der Waals surface area contributed by atoms with Crippen LogP contribution in [-0.2, 0) is 23.1 Å². The summed E-state index contributed by atoms with van der Waals surface area (Å²) in [5.74, 6) is 0.518. The van der Waals surface area contributed by atoms with Crippen LogP contribution in [0.4, 0.5) is 13.2 Å². The largest absolute Gasteiger partial charge is 0.433 e. The lowest BCUT2D eigenvalue weighted by molar-refractivity contribution is -0.141. The molecule has 0 saturated carbocycles. The summed E-state index contributed by atoms with van der Waals surface area (Å²) in [4.78, 5) is 8.07. The molecular weight excluding hydrogens is 319 g/mol. The predicted molar refractivity (Wildman–Crippen MR) is 81.7 cm³/mol. The molecule has 0 saturated heterocycles. The molecule has 7 heteroatoms. The van der Waals surface area contributed by atoms with Gasteiger partial charge in [0.2, 0.25) is 0 Å². The molecule has 4 nitrogen and oxygen atoms in total. The second-order valence-electron chi connectivity index (χ2n) is 5.79. The Hall–Kier alpha value is -2.41. The number of pyridine rings is 1. The van der Waals surface area contributed by atoms with E-state index in [0.717, 1.165) is 17.2 Å². The second kappa shape index (κ2) is 5.04. The molecule has 2 aliphatic rings. The number of fused-ring (bicyclic) bond motifs is 4. The number of rotatable bonds is 0. The molecule has 0 bridgehead atoms. The summed E-state index contributed by atoms with van der Waals surface area (Å²) in [6, 6.07) is 9.92. The van der Waals surface area contributed by atoms with Crippen molar-refractivity contribution in [1.82, 2.24) is 10.3 Å². The zero-order valence-electron chi connectivity index (χ0n) is 12.8. The van der Waals surface area contributed by atoms with E-state index in [1.807, 2.05) is 24.3 Å². The Morgan fingerprint density at radius 3 is 2.75 bits per heavy atom. The average molecular weight is 333 g/mol. The number of amidine groups is 1. The number of aliphatic imine (C=N–C) groups is 1. The first kappa shape index (κ1) is 15.1. The lowest BCUT2D eigenvalue weighted by atomic mass is 9.83. The summed E-state index contributed by atoms with van der Waals surface area (Å²) in [6.45, 7) is 0.631. The standard InChI is InChI=1S/C17H14F3N3O/c1-21-15-11-6-7-13(17(18,19)20)23-14(11)16(9-22-15)12-5-3-2-4-10(12)8-24-16/h2-7H,8-9H2,1H3,(H,21,22)/t16-/m0/s1. The monoisotopic (exact) mass is 333 g/mol. The van der Waals surface area contributed by atoms with E-state index in [4.69, 9.17) is 4.74 Å². The average Bonchev–Trinajstić information content (AvgIpc) is 2.94. The number of aromatic nitrogens is 1. The minimum atomic E-state index is -4.51. The van der Waals surface area contributed by atoms with E-state index in [1.165, 1.54) is 6.07 Å². The van der Waals surface area contributed by atoms with Gasteiger partial charge in [-0.15, -0.1) is 0 Å². The molecule has 1 aromatic carbocycles. The first-order valence-electron chi connectivity index (χ1n) is 7.48. The summed E-state index contributed by atoms with van der Waals surface area (Å²) in [5, 5.41) is 3.16. The highest BCUT2D eigenvalue weighted by Gasteiger charge is 2.48. The topological polar surface area (TPSA) is 46.5 Å². The minimum absolute atomic E-state index is 0.265. The van der Waals surface area contributed by atoms with E-state index in [-0.39, 0.29) is 12.2 Å². The fourth-order valence-electron chi connectivity index (χ4n) is 3.36. The quantitative estimate of drug-likeness (QED) is 0.806. The zero-order valence-corrected chi connectivity index (χ0v) is 12.8. The highest BCUT2D eigenvalue weighted by atomic mass is 19.4. The number of hydrogen-bond donors (Lipinski definition) is 1. The van der Waals surface area contributed by atoms with Crippen LogP contribution in [0, 0.1) is 0 Å². The van der Waals surface area contributed by atoms with Gasteiger partial charge in [-0.05, 0) is 23.3 Å². The summed E-state index contributed by atoms with van der Waals surface area (Å²) in [7, 11) is 1.59. The predicted octanol–water partition coefficient (Wildman–Crippen LogP) is 2.85. The Balaban J connectivity index is 1.98. The number of alkyl halides is 3. The van der Waals surface area contributed by atoms with Crippen LogP contribution in [0.2, 0.25) is 0 Å². The molecule has 0 radical (unpaired) electrons. The van der Waals surface area contributed by atoms with Gasteiger partial charge in [0.05, 0.1) is 18.8 Å². The van der Waals surface area contributed by atoms with Crippen molar-refractivity contribution in [1.29, 1.82) is 0 Å². The highest BCUT2D eigenvalue weighted by Crippen LogP contribution is 2.44. The van der Waals surface area contributed by atoms with E-state index in [1.54, 1.807) is 7.05 Å². The molecule has 0 fully saturated rings. The van der Waals surface area contributed by atoms with Crippen molar-refractivity contribution < 1.29 is 17.9 Å². The summed E-state index contributed by atoms with van der Waals surface area (Å²) < 4.78 is 45.5. The highest BCUT2D eigenvalue weighted by molar-refractivity contribution is 6.01. The van der Waals surface area contributed by atoms with Crippen LogP contribution >= 0.6 is 0 Å². The second-order valence-corrected chi connectivity index (χ2v) is 5.79. The van der Waals surface area contributed by atoms with E-state index in [2.05, 4.69) is 15.3 Å². The van der Waals surface area contributed by atoms with Crippen molar-refractivity contribution in [2.45, 2.75) is 18.4 Å². The van der Waals surface area contributed by atoms with E-state index in [0.29, 0.717) is 18.0 Å². The van der Waals surface area contributed by atoms with Crippen LogP contribution in [-0.4, -0.2) is 24.4 Å². The summed E-state index contributed by atoms with van der Waals surface area (Å²) in [5.41, 5.74) is 0.657. The van der Waals surface area contributed by atoms with Crippen molar-refractivity contribution in [2.24, 2.45) is 4.99 Å². The summed E-state index contributed by atoms with van der Waals surface area (Å²) in [6.07, 6.45) is -4.51. The molecule has 1 atom stereocenters. The van der Waals surface area contributed by atoms with Gasteiger partial charge in [0.25, 0.3) is 0 Å². The molecule has 0 aliphatic carbocycles. The third-order valence-electron chi connectivity index (χ3n) is 4.48. The lowest BCUT2D eigenvalue weighted by Crippen LogP contribution is -2.48. The molecule has 2 aliphatic heterocycles. The summed E-state index contributed by atoms with van der Waals surface area (Å²) >= 11 is 0. The van der Waals surface area contributed by atoms with Gasteiger partial charge in [0.1, 0.15) is 11.5 Å². The molecule has 0 unspecified atom stereocenters. The van der Waals surface area contributed by atoms with Crippen molar-refractivity contribution in [3.63, 3.8) is 0 Å². The van der Waals surface area contributed by atoms with Gasteiger partial charge in [-0.1, -0.05) is 24.3 Å². The smallest absolute Gasteiger partial charge is 0.366 e. The maximum Gasteiger partial charge on any atom is 0.433 e. The van der Waals surface area contributed by atoms with Gasteiger partial charge in [0.15, 0.2) is 5.60 Å².